The quantitative estimate of drug-likeness (QED) is 0.575. The molecule has 1 aliphatic heterocycles. The molecule has 0 aliphatic carbocycles. The zero-order valence-electron chi connectivity index (χ0n) is 7.05. The zero-order chi connectivity index (χ0) is 8.10. The van der Waals surface area contributed by atoms with Crippen LogP contribution in [0, 0.1) is 0 Å². The number of nitrogens with zero attached hydrogens (tertiary/aromatic N) is 1. The summed E-state index contributed by atoms with van der Waals surface area (Å²) in [6.45, 7) is 2.70. The molecule has 64 valence electrons. The van der Waals surface area contributed by atoms with Gasteiger partial charge in [0.25, 0.3) is 0 Å². The van der Waals surface area contributed by atoms with Crippen LogP contribution >= 0.6 is 0 Å². The fourth-order valence-corrected chi connectivity index (χ4v) is 1.70. The number of likely N-dealkylation sites (N-methyl/N-ethyl adjacent to an activating group) is 1. The van der Waals surface area contributed by atoms with E-state index in [0.717, 1.165) is 19.4 Å². The molecule has 11 heavy (non-hydrogen) atoms. The zero-order valence-corrected chi connectivity index (χ0v) is 7.05. The monoisotopic (exact) mass is 156 g/mol. The van der Waals surface area contributed by atoms with Crippen LogP contribution in [-0.2, 0) is 4.79 Å². The van der Waals surface area contributed by atoms with Gasteiger partial charge in [-0.3, -0.25) is 4.90 Å². The van der Waals surface area contributed by atoms with Gasteiger partial charge in [0.1, 0.15) is 6.29 Å². The second-order valence-electron chi connectivity index (χ2n) is 3.02. The maximum Gasteiger partial charge on any atom is 0.133 e. The van der Waals surface area contributed by atoms with E-state index >= 15 is 0 Å². The van der Waals surface area contributed by atoms with Crippen LogP contribution in [0.4, 0.5) is 0 Å². The van der Waals surface area contributed by atoms with E-state index in [1.165, 1.54) is 12.8 Å². The van der Waals surface area contributed by atoms with Crippen molar-refractivity contribution in [3.63, 3.8) is 0 Å². The minimum absolute atomic E-state index is 0.588. The second kappa shape index (κ2) is 4.46. The lowest BCUT2D eigenvalue weighted by Gasteiger charge is -2.21. The first-order chi connectivity index (χ1) is 5.38. The number of aldehydes is 1. The minimum Gasteiger partial charge on any atom is -0.318 e. The number of hydrogen-bond donors (Lipinski definition) is 1. The van der Waals surface area contributed by atoms with Gasteiger partial charge in [-0.1, -0.05) is 0 Å². The van der Waals surface area contributed by atoms with E-state index in [0.29, 0.717) is 12.6 Å². The summed E-state index contributed by atoms with van der Waals surface area (Å²) in [7, 11) is 1.96. The summed E-state index contributed by atoms with van der Waals surface area (Å²) < 4.78 is 0. The molecule has 1 rings (SSSR count). The molecule has 0 aromatic carbocycles. The third-order valence-electron chi connectivity index (χ3n) is 2.25. The lowest BCUT2D eigenvalue weighted by Crippen LogP contribution is -2.37. The van der Waals surface area contributed by atoms with Gasteiger partial charge in [0, 0.05) is 12.6 Å². The molecule has 0 aromatic rings. The van der Waals surface area contributed by atoms with Crippen molar-refractivity contribution < 1.29 is 4.79 Å². The van der Waals surface area contributed by atoms with Crippen LogP contribution in [-0.4, -0.2) is 43.9 Å². The standard InChI is InChI=1S/C8H16N2O/c1-9-7-8-3-2-4-10(8)5-6-11/h6,8-9H,2-5,7H2,1H3. The van der Waals surface area contributed by atoms with Crippen molar-refractivity contribution in [2.24, 2.45) is 0 Å². The summed E-state index contributed by atoms with van der Waals surface area (Å²) in [5.74, 6) is 0. The van der Waals surface area contributed by atoms with Crippen molar-refractivity contribution in [3.05, 3.63) is 0 Å². The highest BCUT2D eigenvalue weighted by Gasteiger charge is 2.22. The van der Waals surface area contributed by atoms with Crippen LogP contribution in [0.3, 0.4) is 0 Å². The average Bonchev–Trinajstić information content (AvgIpc) is 2.39. The Morgan fingerprint density at radius 1 is 1.73 bits per heavy atom. The Bertz CT molecular complexity index is 127. The Kier molecular flexibility index (Phi) is 3.52. The smallest absolute Gasteiger partial charge is 0.133 e. The van der Waals surface area contributed by atoms with Crippen molar-refractivity contribution in [3.8, 4) is 0 Å². The first-order valence-electron chi connectivity index (χ1n) is 4.20. The van der Waals surface area contributed by atoms with Gasteiger partial charge in [-0.2, -0.15) is 0 Å². The van der Waals surface area contributed by atoms with Gasteiger partial charge in [0.15, 0.2) is 0 Å². The van der Waals surface area contributed by atoms with Crippen molar-refractivity contribution >= 4 is 6.29 Å². The highest BCUT2D eigenvalue weighted by molar-refractivity contribution is 5.52. The maximum absolute atomic E-state index is 10.2. The average molecular weight is 156 g/mol. The molecule has 0 aromatic heterocycles. The van der Waals surface area contributed by atoms with Crippen LogP contribution in [0.15, 0.2) is 0 Å². The van der Waals surface area contributed by atoms with Gasteiger partial charge in [-0.05, 0) is 26.4 Å². The molecule has 0 spiro atoms. The Balaban J connectivity index is 2.31. The first-order valence-corrected chi connectivity index (χ1v) is 4.20. The van der Waals surface area contributed by atoms with E-state index < -0.39 is 0 Å². The Morgan fingerprint density at radius 2 is 2.55 bits per heavy atom. The van der Waals surface area contributed by atoms with Crippen LogP contribution in [0.5, 0.6) is 0 Å². The van der Waals surface area contributed by atoms with Crippen molar-refractivity contribution in [2.45, 2.75) is 18.9 Å². The van der Waals surface area contributed by atoms with Gasteiger partial charge in [0.2, 0.25) is 0 Å². The third kappa shape index (κ3) is 2.27. The van der Waals surface area contributed by atoms with E-state index in [1.807, 2.05) is 7.05 Å². The number of hydrogen-bond acceptors (Lipinski definition) is 3. The molecule has 1 unspecified atom stereocenters. The van der Waals surface area contributed by atoms with Crippen LogP contribution in [0.25, 0.3) is 0 Å². The summed E-state index contributed by atoms with van der Waals surface area (Å²) in [5, 5.41) is 3.14. The molecule has 1 saturated heterocycles. The van der Waals surface area contributed by atoms with Crippen molar-refractivity contribution in [1.29, 1.82) is 0 Å². The molecule has 1 fully saturated rings. The van der Waals surface area contributed by atoms with E-state index in [4.69, 9.17) is 0 Å². The Labute approximate surface area is 67.8 Å². The van der Waals surface area contributed by atoms with Crippen molar-refractivity contribution in [1.82, 2.24) is 10.2 Å². The Morgan fingerprint density at radius 3 is 3.18 bits per heavy atom. The number of carbonyl (C=O) groups is 1. The van der Waals surface area contributed by atoms with E-state index in [2.05, 4.69) is 10.2 Å². The van der Waals surface area contributed by atoms with Crippen LogP contribution in [0.2, 0.25) is 0 Å². The molecule has 1 N–H and O–H groups in total. The molecule has 0 saturated carbocycles. The molecule has 3 heteroatoms. The molecule has 0 radical (unpaired) electrons. The van der Waals surface area contributed by atoms with Crippen LogP contribution < -0.4 is 5.32 Å². The molecule has 1 atom stereocenters. The number of carbonyl (C=O) groups excluding carboxylic acids is 1. The fraction of sp³-hybridized carbons (Fsp3) is 0.875. The predicted octanol–water partition coefficient (Wildman–Crippen LogP) is -0.131. The number of nitrogens with one attached hydrogen (secondary N) is 1. The number of likely N-dealkylation sites (tertiary alicyclic amines) is 1. The molecule has 1 aliphatic rings. The molecule has 0 bridgehead atoms. The minimum atomic E-state index is 0.588. The largest absolute Gasteiger partial charge is 0.318 e. The Hall–Kier alpha value is -0.410. The van der Waals surface area contributed by atoms with Gasteiger partial charge in [-0.15, -0.1) is 0 Å². The van der Waals surface area contributed by atoms with Crippen LogP contribution in [0.1, 0.15) is 12.8 Å². The lowest BCUT2D eigenvalue weighted by molar-refractivity contribution is -0.109. The highest BCUT2D eigenvalue weighted by atomic mass is 16.1. The van der Waals surface area contributed by atoms with Gasteiger partial charge >= 0.3 is 0 Å². The van der Waals surface area contributed by atoms with Gasteiger partial charge in [0.05, 0.1) is 6.54 Å². The van der Waals surface area contributed by atoms with E-state index in [-0.39, 0.29) is 0 Å². The molecular formula is C8H16N2O. The molecular weight excluding hydrogens is 140 g/mol. The second-order valence-corrected chi connectivity index (χ2v) is 3.02. The fourth-order valence-electron chi connectivity index (χ4n) is 1.70. The van der Waals surface area contributed by atoms with Gasteiger partial charge < -0.3 is 10.1 Å². The van der Waals surface area contributed by atoms with Gasteiger partial charge in [-0.25, -0.2) is 0 Å². The summed E-state index contributed by atoms with van der Waals surface area (Å²) in [6, 6.07) is 0.588. The summed E-state index contributed by atoms with van der Waals surface area (Å²) in [5.41, 5.74) is 0. The number of rotatable bonds is 4. The summed E-state index contributed by atoms with van der Waals surface area (Å²) >= 11 is 0. The summed E-state index contributed by atoms with van der Waals surface area (Å²) in [4.78, 5) is 12.5. The highest BCUT2D eigenvalue weighted by Crippen LogP contribution is 2.14. The predicted molar refractivity (Wildman–Crippen MR) is 44.6 cm³/mol. The molecule has 3 nitrogen and oxygen atoms in total. The topological polar surface area (TPSA) is 32.3 Å². The first kappa shape index (κ1) is 8.68. The van der Waals surface area contributed by atoms with E-state index in [1.54, 1.807) is 0 Å². The molecule has 1 heterocycles. The lowest BCUT2D eigenvalue weighted by atomic mass is 10.2. The van der Waals surface area contributed by atoms with E-state index in [9.17, 15) is 4.79 Å². The molecule has 0 amide bonds. The summed E-state index contributed by atoms with van der Waals surface area (Å²) in [6.07, 6.45) is 3.46. The normalized spacial score (nSPS) is 25.7. The van der Waals surface area contributed by atoms with Crippen molar-refractivity contribution in [2.75, 3.05) is 26.7 Å². The maximum atomic E-state index is 10.2. The third-order valence-corrected chi connectivity index (χ3v) is 2.25. The SMILES string of the molecule is CNCC1CCCN1CC=O.